The molecule has 1 atom stereocenters. The van der Waals surface area contributed by atoms with Crippen LogP contribution >= 0.6 is 0 Å². The number of imide groups is 1. The van der Waals surface area contributed by atoms with Crippen LogP contribution in [0.3, 0.4) is 0 Å². The van der Waals surface area contributed by atoms with Crippen molar-refractivity contribution in [2.75, 3.05) is 27.3 Å². The van der Waals surface area contributed by atoms with Gasteiger partial charge < -0.3 is 19.7 Å². The van der Waals surface area contributed by atoms with Crippen LogP contribution in [0.1, 0.15) is 86.6 Å². The number of rotatable bonds is 10. The monoisotopic (exact) mass is 487 g/mol. The fourth-order valence-corrected chi connectivity index (χ4v) is 4.89. The Morgan fingerprint density at radius 1 is 1.03 bits per heavy atom. The first-order valence-electron chi connectivity index (χ1n) is 13.1. The molecule has 3 amide bonds. The maximum absolute atomic E-state index is 12.6. The van der Waals surface area contributed by atoms with Crippen molar-refractivity contribution in [2.24, 2.45) is 0 Å². The number of fused-ring (bicyclic) bond motifs is 1. The van der Waals surface area contributed by atoms with E-state index in [4.69, 9.17) is 9.47 Å². The van der Waals surface area contributed by atoms with Crippen LogP contribution in [0.25, 0.3) is 0 Å². The third kappa shape index (κ3) is 8.04. The number of methoxy groups -OCH3 is 1. The molecule has 2 fully saturated rings. The van der Waals surface area contributed by atoms with E-state index >= 15 is 0 Å². The Morgan fingerprint density at radius 2 is 1.80 bits per heavy atom. The molecule has 2 aliphatic heterocycles. The summed E-state index contributed by atoms with van der Waals surface area (Å²) in [6, 6.07) is 4.89. The largest absolute Gasteiger partial charge is 0.494 e. The predicted molar refractivity (Wildman–Crippen MR) is 134 cm³/mol. The average molecular weight is 488 g/mol. The quantitative estimate of drug-likeness (QED) is 0.387. The van der Waals surface area contributed by atoms with Gasteiger partial charge in [0.1, 0.15) is 11.8 Å². The number of nitrogens with one attached hydrogen (secondary N) is 2. The van der Waals surface area contributed by atoms with E-state index in [1.165, 1.54) is 44.9 Å². The van der Waals surface area contributed by atoms with Crippen molar-refractivity contribution in [3.8, 4) is 5.75 Å². The third-order valence-corrected chi connectivity index (χ3v) is 6.97. The Morgan fingerprint density at radius 3 is 2.49 bits per heavy atom. The number of piperidine rings is 1. The first-order chi connectivity index (χ1) is 17.0. The molecule has 4 rings (SSSR count). The molecule has 3 aliphatic rings. The van der Waals surface area contributed by atoms with Crippen molar-refractivity contribution in [3.63, 3.8) is 0 Å². The lowest BCUT2D eigenvalue weighted by Crippen LogP contribution is -2.52. The number of hydrogen-bond donors (Lipinski definition) is 2. The highest BCUT2D eigenvalue weighted by Crippen LogP contribution is 2.30. The van der Waals surface area contributed by atoms with Gasteiger partial charge in [0, 0.05) is 25.6 Å². The highest BCUT2D eigenvalue weighted by atomic mass is 16.5. The van der Waals surface area contributed by atoms with Gasteiger partial charge in [-0.3, -0.25) is 19.7 Å². The molecule has 194 valence electrons. The molecule has 35 heavy (non-hydrogen) atoms. The van der Waals surface area contributed by atoms with Crippen LogP contribution < -0.4 is 15.4 Å². The molecular weight excluding hydrogens is 446 g/mol. The van der Waals surface area contributed by atoms with Crippen LogP contribution in [-0.4, -0.2) is 62.1 Å². The van der Waals surface area contributed by atoms with Gasteiger partial charge in [0.2, 0.25) is 11.8 Å². The summed E-state index contributed by atoms with van der Waals surface area (Å²) >= 11 is 0. The molecule has 1 saturated carbocycles. The molecule has 0 spiro atoms. The standard InChI is InChI=1S/C20H27N3O4.C7H14O/c1-21-10-4-2-3-5-11-27-15-6-7-16-14(12-15)13-23(20(16)26)17-8-9-18(24)22-19(17)25;1-8-7-5-3-2-4-6-7/h6-7,12,17,21H,2-5,8-11,13H2,1H3,(H,22,24,25);7H,2-6H2,1H3. The molecule has 1 aliphatic carbocycles. The fraction of sp³-hybridized carbons (Fsp3) is 0.667. The van der Waals surface area contributed by atoms with Gasteiger partial charge in [-0.15, -0.1) is 0 Å². The summed E-state index contributed by atoms with van der Waals surface area (Å²) in [6.07, 6.45) is 12.5. The summed E-state index contributed by atoms with van der Waals surface area (Å²) in [5.41, 5.74) is 1.48. The van der Waals surface area contributed by atoms with Gasteiger partial charge in [0.15, 0.2) is 0 Å². The van der Waals surface area contributed by atoms with Crippen molar-refractivity contribution in [1.82, 2.24) is 15.5 Å². The van der Waals surface area contributed by atoms with Crippen LogP contribution in [0, 0.1) is 0 Å². The summed E-state index contributed by atoms with van der Waals surface area (Å²) in [5, 5.41) is 5.46. The van der Waals surface area contributed by atoms with Crippen molar-refractivity contribution in [2.45, 2.75) is 89.3 Å². The van der Waals surface area contributed by atoms with E-state index in [9.17, 15) is 14.4 Å². The summed E-state index contributed by atoms with van der Waals surface area (Å²) < 4.78 is 11.0. The lowest BCUT2D eigenvalue weighted by Gasteiger charge is -2.29. The van der Waals surface area contributed by atoms with E-state index in [-0.39, 0.29) is 24.1 Å². The summed E-state index contributed by atoms with van der Waals surface area (Å²) in [4.78, 5) is 37.6. The van der Waals surface area contributed by atoms with Crippen LogP contribution in [0.2, 0.25) is 0 Å². The van der Waals surface area contributed by atoms with Gasteiger partial charge in [-0.05, 0) is 69.5 Å². The number of hydrogen-bond acceptors (Lipinski definition) is 6. The van der Waals surface area contributed by atoms with Crippen LogP contribution in [0.15, 0.2) is 18.2 Å². The van der Waals surface area contributed by atoms with E-state index in [0.717, 1.165) is 30.7 Å². The molecule has 2 N–H and O–H groups in total. The second-order valence-corrected chi connectivity index (χ2v) is 9.58. The first kappa shape index (κ1) is 27.1. The number of nitrogens with zero attached hydrogens (tertiary/aromatic N) is 1. The average Bonchev–Trinajstić information content (AvgIpc) is 3.19. The minimum absolute atomic E-state index is 0.157. The minimum Gasteiger partial charge on any atom is -0.494 e. The van der Waals surface area contributed by atoms with E-state index < -0.39 is 6.04 Å². The van der Waals surface area contributed by atoms with Crippen LogP contribution in [0.4, 0.5) is 0 Å². The normalized spacial score (nSPS) is 20.2. The number of carbonyl (C=O) groups is 3. The number of ether oxygens (including phenoxy) is 2. The molecule has 0 aromatic heterocycles. The van der Waals surface area contributed by atoms with Gasteiger partial charge >= 0.3 is 0 Å². The zero-order valence-electron chi connectivity index (χ0n) is 21.3. The van der Waals surface area contributed by atoms with E-state index in [2.05, 4.69) is 10.6 Å². The molecular formula is C27H41N3O5. The minimum atomic E-state index is -0.579. The molecule has 8 heteroatoms. The Hall–Kier alpha value is -2.45. The number of carbonyl (C=O) groups excluding carboxylic acids is 3. The van der Waals surface area contributed by atoms with Gasteiger partial charge in [0.25, 0.3) is 5.91 Å². The van der Waals surface area contributed by atoms with Crippen molar-refractivity contribution in [3.05, 3.63) is 29.3 Å². The predicted octanol–water partition coefficient (Wildman–Crippen LogP) is 3.57. The number of amides is 3. The molecule has 1 saturated heterocycles. The molecule has 1 unspecified atom stereocenters. The van der Waals surface area contributed by atoms with E-state index in [1.54, 1.807) is 11.0 Å². The topological polar surface area (TPSA) is 97.0 Å². The maximum atomic E-state index is 12.6. The van der Waals surface area contributed by atoms with Crippen LogP contribution in [-0.2, 0) is 20.9 Å². The maximum Gasteiger partial charge on any atom is 0.255 e. The van der Waals surface area contributed by atoms with Crippen molar-refractivity contribution in [1.29, 1.82) is 0 Å². The highest BCUT2D eigenvalue weighted by molar-refractivity contribution is 6.05. The van der Waals surface area contributed by atoms with Crippen molar-refractivity contribution >= 4 is 17.7 Å². The lowest BCUT2D eigenvalue weighted by molar-refractivity contribution is -0.136. The molecule has 0 bridgehead atoms. The van der Waals surface area contributed by atoms with Crippen molar-refractivity contribution < 1.29 is 23.9 Å². The Balaban J connectivity index is 0.000000363. The van der Waals surface area contributed by atoms with Gasteiger partial charge in [0.05, 0.1) is 12.7 Å². The molecule has 1 aromatic carbocycles. The summed E-state index contributed by atoms with van der Waals surface area (Å²) in [6.45, 7) is 2.08. The number of benzene rings is 1. The Bertz CT molecular complexity index is 853. The smallest absolute Gasteiger partial charge is 0.255 e. The molecule has 0 radical (unpaired) electrons. The molecule has 1 aromatic rings. The number of unbranched alkanes of at least 4 members (excludes halogenated alkanes) is 3. The Labute approximate surface area is 209 Å². The second kappa shape index (κ2) is 14.2. The summed E-state index contributed by atoms with van der Waals surface area (Å²) in [7, 11) is 3.78. The first-order valence-corrected chi connectivity index (χ1v) is 13.1. The Kier molecular flexibility index (Phi) is 11.0. The second-order valence-electron chi connectivity index (χ2n) is 9.58. The zero-order valence-corrected chi connectivity index (χ0v) is 21.3. The molecule has 2 heterocycles. The molecule has 8 nitrogen and oxygen atoms in total. The van der Waals surface area contributed by atoms with Gasteiger partial charge in [-0.2, -0.15) is 0 Å². The van der Waals surface area contributed by atoms with E-state index in [1.807, 2.05) is 26.3 Å². The fourth-order valence-electron chi connectivity index (χ4n) is 4.89. The SMILES string of the molecule is CNCCCCCCOc1ccc2c(c1)CN(C1CCC(=O)NC1=O)C2=O.COC1CCCCC1. The third-order valence-electron chi connectivity index (χ3n) is 6.97. The van der Waals surface area contributed by atoms with E-state index in [0.29, 0.717) is 31.2 Å². The zero-order chi connectivity index (χ0) is 25.0. The van der Waals surface area contributed by atoms with Crippen LogP contribution in [0.5, 0.6) is 5.75 Å². The van der Waals surface area contributed by atoms with Gasteiger partial charge in [-0.1, -0.05) is 32.1 Å². The summed E-state index contributed by atoms with van der Waals surface area (Å²) in [5.74, 6) is -0.0679. The highest BCUT2D eigenvalue weighted by Gasteiger charge is 2.39. The van der Waals surface area contributed by atoms with Gasteiger partial charge in [-0.25, -0.2) is 0 Å². The lowest BCUT2D eigenvalue weighted by atomic mass is 9.98.